The van der Waals surface area contributed by atoms with Gasteiger partial charge in [-0.2, -0.15) is 5.10 Å². The van der Waals surface area contributed by atoms with Crippen molar-refractivity contribution in [1.82, 2.24) is 10.1 Å². The van der Waals surface area contributed by atoms with Crippen LogP contribution in [0.15, 0.2) is 18.3 Å². The van der Waals surface area contributed by atoms with Gasteiger partial charge in [0.05, 0.1) is 17.7 Å². The zero-order chi connectivity index (χ0) is 23.4. The van der Waals surface area contributed by atoms with Crippen LogP contribution >= 0.6 is 0 Å². The van der Waals surface area contributed by atoms with Gasteiger partial charge in [-0.05, 0) is 61.4 Å². The monoisotopic (exact) mass is 465 g/mol. The maximum Gasteiger partial charge on any atom is 0.276 e. The standard InChI is InChI=1S/C26H36N4O2Si/c1-6-26(7-2)20-14-21-19(13-22(20)28-25(26)31)18-10-8-9-17-15-30(29-23(17)24(18)27-21)16-32-11-12-33(3,4)5/h13-15H,6-12,16H2,1-5H3,(H2,27,28,29,31)/p+1. The molecular weight excluding hydrogens is 428 g/mol. The number of H-pyrrole nitrogens is 2. The number of aromatic nitrogens is 3. The summed E-state index contributed by atoms with van der Waals surface area (Å²) in [6, 6.07) is 5.60. The lowest BCUT2D eigenvalue weighted by atomic mass is 9.77. The summed E-state index contributed by atoms with van der Waals surface area (Å²) < 4.78 is 8.06. The van der Waals surface area contributed by atoms with Crippen LogP contribution in [0.1, 0.15) is 49.8 Å². The molecule has 1 aliphatic carbocycles. The molecule has 176 valence electrons. The zero-order valence-electron chi connectivity index (χ0n) is 20.7. The lowest BCUT2D eigenvalue weighted by Crippen LogP contribution is -2.37. The summed E-state index contributed by atoms with van der Waals surface area (Å²) in [4.78, 5) is 16.6. The maximum absolute atomic E-state index is 12.9. The summed E-state index contributed by atoms with van der Waals surface area (Å²) >= 11 is 0. The van der Waals surface area contributed by atoms with Crippen molar-refractivity contribution in [1.29, 1.82) is 0 Å². The number of ether oxygens (including phenoxy) is 1. The van der Waals surface area contributed by atoms with E-state index in [1.165, 1.54) is 33.9 Å². The largest absolute Gasteiger partial charge is 0.353 e. The molecule has 1 amide bonds. The van der Waals surface area contributed by atoms with E-state index in [9.17, 15) is 4.79 Å². The maximum atomic E-state index is 12.9. The Bertz CT molecular complexity index is 1210. The lowest BCUT2D eigenvalue weighted by Gasteiger charge is -2.23. The van der Waals surface area contributed by atoms with Gasteiger partial charge in [0.1, 0.15) is 5.69 Å². The summed E-state index contributed by atoms with van der Waals surface area (Å²) in [6.07, 6.45) is 7.03. The van der Waals surface area contributed by atoms with Crippen molar-refractivity contribution in [2.45, 2.75) is 83.8 Å². The molecule has 0 spiro atoms. The molecule has 0 saturated carbocycles. The number of carbonyl (C=O) groups is 1. The average Bonchev–Trinajstić information content (AvgIpc) is 3.37. The number of amides is 1. The Hall–Kier alpha value is -2.38. The Morgan fingerprint density at radius 2 is 1.91 bits per heavy atom. The van der Waals surface area contributed by atoms with Crippen LogP contribution in [0.2, 0.25) is 25.7 Å². The van der Waals surface area contributed by atoms with Crippen molar-refractivity contribution in [2.24, 2.45) is 0 Å². The fraction of sp³-hybridized carbons (Fsp3) is 0.538. The van der Waals surface area contributed by atoms with Crippen molar-refractivity contribution in [3.8, 4) is 11.4 Å². The first-order chi connectivity index (χ1) is 15.8. The van der Waals surface area contributed by atoms with Crippen LogP contribution in [0.25, 0.3) is 22.3 Å². The first-order valence-electron chi connectivity index (χ1n) is 12.5. The Morgan fingerprint density at radius 1 is 1.12 bits per heavy atom. The Balaban J connectivity index is 1.49. The number of hydrogen-bond donors (Lipinski definition) is 3. The van der Waals surface area contributed by atoms with Gasteiger partial charge >= 0.3 is 0 Å². The van der Waals surface area contributed by atoms with Crippen LogP contribution in [0, 0.1) is 0 Å². The minimum absolute atomic E-state index is 0.142. The van der Waals surface area contributed by atoms with Crippen molar-refractivity contribution in [3.05, 3.63) is 35.0 Å². The van der Waals surface area contributed by atoms with Gasteiger partial charge in [0.2, 0.25) is 12.1 Å². The minimum atomic E-state index is -1.08. The number of fused-ring (bicyclic) bond motifs is 6. The number of carbonyl (C=O) groups excluding carboxylic acids is 1. The van der Waals surface area contributed by atoms with Gasteiger partial charge in [0.25, 0.3) is 6.73 Å². The Morgan fingerprint density at radius 3 is 2.64 bits per heavy atom. The van der Waals surface area contributed by atoms with Crippen LogP contribution in [0.4, 0.5) is 5.69 Å². The van der Waals surface area contributed by atoms with E-state index in [4.69, 9.17) is 4.74 Å². The van der Waals surface area contributed by atoms with Crippen LogP contribution in [-0.4, -0.2) is 30.7 Å². The number of hydrogen-bond acceptors (Lipinski definition) is 2. The number of rotatable bonds is 7. The molecule has 0 atom stereocenters. The van der Waals surface area contributed by atoms with Crippen molar-refractivity contribution >= 4 is 30.6 Å². The molecular formula is C26H37N4O2Si+. The SMILES string of the molecule is CCC1(CC)C(=O)Nc2cc3c4c([nH]c3cc21)-c1[nH][n+](COCC[Si](C)(C)C)cc1CCC4. The van der Waals surface area contributed by atoms with Gasteiger partial charge < -0.3 is 15.0 Å². The van der Waals surface area contributed by atoms with Gasteiger partial charge in [-0.3, -0.25) is 4.79 Å². The molecule has 3 aromatic rings. The fourth-order valence-corrected chi connectivity index (χ4v) is 6.32. The molecule has 0 bridgehead atoms. The minimum Gasteiger partial charge on any atom is -0.353 e. The Kier molecular flexibility index (Phi) is 5.52. The third-order valence-corrected chi connectivity index (χ3v) is 9.39. The summed E-state index contributed by atoms with van der Waals surface area (Å²) in [5.41, 5.74) is 7.88. The summed E-state index contributed by atoms with van der Waals surface area (Å²) in [5, 5.41) is 8.00. The van der Waals surface area contributed by atoms with E-state index in [0.717, 1.165) is 55.5 Å². The van der Waals surface area contributed by atoms with Crippen LogP contribution in [0.3, 0.4) is 0 Å². The van der Waals surface area contributed by atoms with Gasteiger partial charge in [-0.15, -0.1) is 0 Å². The topological polar surface area (TPSA) is 73.8 Å². The number of aromatic amines is 2. The molecule has 0 radical (unpaired) electrons. The summed E-state index contributed by atoms with van der Waals surface area (Å²) in [5.74, 6) is 0.142. The van der Waals surface area contributed by atoms with Crippen LogP contribution < -0.4 is 10.00 Å². The van der Waals surface area contributed by atoms with E-state index < -0.39 is 13.5 Å². The van der Waals surface area contributed by atoms with E-state index >= 15 is 0 Å². The molecule has 2 aromatic heterocycles. The summed E-state index contributed by atoms with van der Waals surface area (Å²) in [6.45, 7) is 12.7. The molecule has 0 unspecified atom stereocenters. The highest BCUT2D eigenvalue weighted by molar-refractivity contribution is 6.76. The van der Waals surface area contributed by atoms with E-state index in [1.807, 2.05) is 0 Å². The first kappa shape index (κ1) is 22.4. The zero-order valence-corrected chi connectivity index (χ0v) is 21.7. The van der Waals surface area contributed by atoms with E-state index in [1.54, 1.807) is 0 Å². The predicted molar refractivity (Wildman–Crippen MR) is 135 cm³/mol. The van der Waals surface area contributed by atoms with Gasteiger partial charge in [-0.25, -0.2) is 0 Å². The molecule has 7 heteroatoms. The highest BCUT2D eigenvalue weighted by Crippen LogP contribution is 2.46. The number of aryl methyl sites for hydroxylation is 2. The fourth-order valence-electron chi connectivity index (χ4n) is 5.56. The van der Waals surface area contributed by atoms with Gasteiger partial charge in [0.15, 0.2) is 0 Å². The molecule has 33 heavy (non-hydrogen) atoms. The predicted octanol–water partition coefficient (Wildman–Crippen LogP) is 5.26. The molecule has 3 N–H and O–H groups in total. The summed E-state index contributed by atoms with van der Waals surface area (Å²) in [7, 11) is -1.08. The average molecular weight is 466 g/mol. The lowest BCUT2D eigenvalue weighted by molar-refractivity contribution is -0.781. The van der Waals surface area contributed by atoms with E-state index in [0.29, 0.717) is 6.73 Å². The molecule has 1 aliphatic heterocycles. The number of benzene rings is 1. The molecule has 0 fully saturated rings. The number of anilines is 1. The van der Waals surface area contributed by atoms with E-state index in [-0.39, 0.29) is 5.91 Å². The van der Waals surface area contributed by atoms with Crippen molar-refractivity contribution in [3.63, 3.8) is 0 Å². The molecule has 2 aliphatic rings. The third-order valence-electron chi connectivity index (χ3n) is 7.69. The number of nitrogens with zero attached hydrogens (tertiary/aromatic N) is 1. The second kappa shape index (κ2) is 8.13. The quantitative estimate of drug-likeness (QED) is 0.253. The second-order valence-electron chi connectivity index (χ2n) is 11.0. The van der Waals surface area contributed by atoms with Crippen LogP contribution in [-0.2, 0) is 34.5 Å². The highest BCUT2D eigenvalue weighted by Gasteiger charge is 2.44. The normalized spacial score (nSPS) is 16.9. The smallest absolute Gasteiger partial charge is 0.276 e. The van der Waals surface area contributed by atoms with Crippen molar-refractivity contribution < 1.29 is 14.2 Å². The third kappa shape index (κ3) is 3.75. The van der Waals surface area contributed by atoms with Gasteiger partial charge in [-0.1, -0.05) is 38.2 Å². The second-order valence-corrected chi connectivity index (χ2v) is 16.6. The van der Waals surface area contributed by atoms with Crippen LogP contribution in [0.5, 0.6) is 0 Å². The highest BCUT2D eigenvalue weighted by atomic mass is 28.3. The van der Waals surface area contributed by atoms with Gasteiger partial charge in [0, 0.05) is 30.2 Å². The Labute approximate surface area is 197 Å². The first-order valence-corrected chi connectivity index (χ1v) is 16.2. The molecule has 5 rings (SSSR count). The molecule has 3 heterocycles. The van der Waals surface area contributed by atoms with Crippen molar-refractivity contribution in [2.75, 3.05) is 11.9 Å². The molecule has 6 nitrogen and oxygen atoms in total. The van der Waals surface area contributed by atoms with E-state index in [2.05, 4.69) is 71.9 Å². The number of nitrogens with one attached hydrogen (secondary N) is 3. The molecule has 1 aromatic carbocycles. The molecule has 0 saturated heterocycles.